The first-order chi connectivity index (χ1) is 9.42. The topological polar surface area (TPSA) is 138 Å². The van der Waals surface area contributed by atoms with Gasteiger partial charge in [0.05, 0.1) is 19.0 Å². The quantitative estimate of drug-likeness (QED) is 0.335. The van der Waals surface area contributed by atoms with E-state index in [4.69, 9.17) is 27.2 Å². The number of fused-ring (bicyclic) bond motifs is 1. The second kappa shape index (κ2) is 4.57. The first-order valence-electron chi connectivity index (χ1n) is 5.97. The minimum atomic E-state index is -2.06. The van der Waals surface area contributed by atoms with Crippen LogP contribution >= 0.6 is 11.6 Å². The average molecular weight is 304 g/mol. The van der Waals surface area contributed by atoms with E-state index in [9.17, 15) is 10.2 Å². The molecule has 4 atom stereocenters. The number of alkyl halides is 1. The third-order valence-electron chi connectivity index (χ3n) is 3.25. The summed E-state index contributed by atoms with van der Waals surface area (Å²) in [5, 5.41) is 29.7. The fourth-order valence-electron chi connectivity index (χ4n) is 2.37. The van der Waals surface area contributed by atoms with Gasteiger partial charge in [-0.25, -0.2) is 4.98 Å². The number of aliphatic imine (C=N–C) groups is 1. The lowest BCUT2D eigenvalue weighted by Gasteiger charge is -2.25. The van der Waals surface area contributed by atoms with Crippen molar-refractivity contribution in [2.45, 2.75) is 30.0 Å². The molecular weight excluding hydrogens is 290 g/mol. The summed E-state index contributed by atoms with van der Waals surface area (Å²) in [7, 11) is 0. The number of halogens is 1. The van der Waals surface area contributed by atoms with E-state index in [1.165, 1.54) is 10.9 Å². The summed E-state index contributed by atoms with van der Waals surface area (Å²) in [6, 6.07) is 0. The minimum Gasteiger partial charge on any atom is -0.394 e. The second-order valence-corrected chi connectivity index (χ2v) is 5.22. The molecule has 1 unspecified atom stereocenters. The molecule has 0 aromatic carbocycles. The Bertz CT molecular complexity index is 560. The first kappa shape index (κ1) is 13.6. The van der Waals surface area contributed by atoms with E-state index in [-0.39, 0.29) is 24.1 Å². The van der Waals surface area contributed by atoms with E-state index >= 15 is 0 Å². The zero-order valence-corrected chi connectivity index (χ0v) is 11.0. The van der Waals surface area contributed by atoms with Crippen molar-refractivity contribution < 1.29 is 20.1 Å². The van der Waals surface area contributed by atoms with Crippen LogP contribution in [0.15, 0.2) is 11.3 Å². The van der Waals surface area contributed by atoms with Crippen LogP contribution in [0.5, 0.6) is 0 Å². The Kier molecular flexibility index (Phi) is 3.10. The SMILES string of the molecule is NC1=NC(O)(Cl)c2ncn([C@@H]3O[C@H](CO)C[C@H]3O)c2N1. The fourth-order valence-corrected chi connectivity index (χ4v) is 2.60. The summed E-state index contributed by atoms with van der Waals surface area (Å²) in [6.45, 7) is -0.194. The number of hydrogen-bond acceptors (Lipinski definition) is 8. The molecule has 10 heteroatoms. The molecule has 0 spiro atoms. The Morgan fingerprint density at radius 2 is 2.40 bits per heavy atom. The van der Waals surface area contributed by atoms with Crippen molar-refractivity contribution in [3.63, 3.8) is 0 Å². The van der Waals surface area contributed by atoms with E-state index in [1.807, 2.05) is 0 Å². The van der Waals surface area contributed by atoms with Gasteiger partial charge >= 0.3 is 0 Å². The normalized spacial score (nSPS) is 36.4. The number of aliphatic hydroxyl groups is 3. The number of nitrogens with two attached hydrogens (primary N) is 1. The molecule has 1 fully saturated rings. The number of guanidine groups is 1. The van der Waals surface area contributed by atoms with E-state index in [0.717, 1.165) is 0 Å². The van der Waals surface area contributed by atoms with Crippen molar-refractivity contribution in [2.24, 2.45) is 10.7 Å². The number of nitrogens with zero attached hydrogens (tertiary/aromatic N) is 3. The first-order valence-corrected chi connectivity index (χ1v) is 6.35. The maximum atomic E-state index is 9.99. The van der Waals surface area contributed by atoms with Crippen molar-refractivity contribution >= 4 is 23.4 Å². The molecule has 1 aromatic rings. The summed E-state index contributed by atoms with van der Waals surface area (Å²) in [5.74, 6) is 0.209. The molecule has 0 bridgehead atoms. The van der Waals surface area contributed by atoms with E-state index < -0.39 is 23.6 Å². The minimum absolute atomic E-state index is 0.0663. The smallest absolute Gasteiger partial charge is 0.285 e. The van der Waals surface area contributed by atoms with Gasteiger partial charge in [0.1, 0.15) is 11.9 Å². The maximum absolute atomic E-state index is 9.99. The molecule has 1 saturated heterocycles. The lowest BCUT2D eigenvalue weighted by Crippen LogP contribution is -2.35. The summed E-state index contributed by atoms with van der Waals surface area (Å²) >= 11 is 5.84. The van der Waals surface area contributed by atoms with Crippen LogP contribution in [0.3, 0.4) is 0 Å². The number of imidazole rings is 1. The van der Waals surface area contributed by atoms with Gasteiger partial charge in [-0.3, -0.25) is 4.57 Å². The van der Waals surface area contributed by atoms with Crippen LogP contribution in [0.4, 0.5) is 5.82 Å². The number of aromatic nitrogens is 2. The van der Waals surface area contributed by atoms with Crippen LogP contribution in [0.25, 0.3) is 0 Å². The molecule has 2 aliphatic heterocycles. The van der Waals surface area contributed by atoms with E-state index in [2.05, 4.69) is 15.3 Å². The number of aliphatic hydroxyl groups excluding tert-OH is 2. The van der Waals surface area contributed by atoms with Crippen LogP contribution in [0.1, 0.15) is 18.3 Å². The molecule has 3 rings (SSSR count). The number of ether oxygens (including phenoxy) is 1. The Hall–Kier alpha value is -1.39. The van der Waals surface area contributed by atoms with Gasteiger partial charge in [0.15, 0.2) is 17.9 Å². The van der Waals surface area contributed by atoms with Crippen LogP contribution in [0, 0.1) is 0 Å². The maximum Gasteiger partial charge on any atom is 0.285 e. The van der Waals surface area contributed by atoms with Gasteiger partial charge in [-0.05, 0) is 0 Å². The highest BCUT2D eigenvalue weighted by Gasteiger charge is 2.41. The molecule has 0 aliphatic carbocycles. The van der Waals surface area contributed by atoms with Gasteiger partial charge in [-0.15, -0.1) is 0 Å². The van der Waals surface area contributed by atoms with Crippen LogP contribution < -0.4 is 11.1 Å². The van der Waals surface area contributed by atoms with Crippen molar-refractivity contribution in [1.82, 2.24) is 9.55 Å². The van der Waals surface area contributed by atoms with Gasteiger partial charge in [0.25, 0.3) is 5.18 Å². The molecule has 6 N–H and O–H groups in total. The van der Waals surface area contributed by atoms with Crippen LogP contribution in [-0.2, 0) is 9.92 Å². The average Bonchev–Trinajstić information content (AvgIpc) is 2.91. The molecule has 2 aliphatic rings. The molecule has 3 heterocycles. The van der Waals surface area contributed by atoms with Crippen molar-refractivity contribution in [3.05, 3.63) is 12.0 Å². The molecule has 20 heavy (non-hydrogen) atoms. The van der Waals surface area contributed by atoms with Gasteiger partial charge in [-0.2, -0.15) is 4.99 Å². The predicted molar refractivity (Wildman–Crippen MR) is 68.8 cm³/mol. The molecular formula is C10H14ClN5O4. The zero-order valence-electron chi connectivity index (χ0n) is 10.3. The van der Waals surface area contributed by atoms with Gasteiger partial charge < -0.3 is 31.1 Å². The number of hydrogen-bond donors (Lipinski definition) is 5. The number of anilines is 1. The lowest BCUT2D eigenvalue weighted by atomic mass is 10.2. The summed E-state index contributed by atoms with van der Waals surface area (Å²) < 4.78 is 6.98. The molecule has 110 valence electrons. The summed E-state index contributed by atoms with van der Waals surface area (Å²) in [4.78, 5) is 7.61. The predicted octanol–water partition coefficient (Wildman–Crippen LogP) is -1.39. The highest BCUT2D eigenvalue weighted by atomic mass is 35.5. The monoisotopic (exact) mass is 303 g/mol. The highest BCUT2D eigenvalue weighted by Crippen LogP contribution is 2.39. The largest absolute Gasteiger partial charge is 0.394 e. The number of nitrogens with one attached hydrogen (secondary N) is 1. The molecule has 9 nitrogen and oxygen atoms in total. The van der Waals surface area contributed by atoms with Crippen molar-refractivity contribution in [3.8, 4) is 0 Å². The third kappa shape index (κ3) is 2.03. The Balaban J connectivity index is 1.97. The van der Waals surface area contributed by atoms with Crippen LogP contribution in [-0.4, -0.2) is 49.6 Å². The molecule has 0 radical (unpaired) electrons. The van der Waals surface area contributed by atoms with Gasteiger partial charge in [0.2, 0.25) is 0 Å². The van der Waals surface area contributed by atoms with Crippen molar-refractivity contribution in [1.29, 1.82) is 0 Å². The zero-order chi connectivity index (χ0) is 14.5. The molecule has 0 amide bonds. The summed E-state index contributed by atoms with van der Waals surface area (Å²) in [5.41, 5.74) is 5.62. The Morgan fingerprint density at radius 3 is 3.05 bits per heavy atom. The number of rotatable bonds is 2. The van der Waals surface area contributed by atoms with E-state index in [1.54, 1.807) is 0 Å². The molecule has 1 aromatic heterocycles. The Morgan fingerprint density at radius 1 is 1.65 bits per heavy atom. The van der Waals surface area contributed by atoms with Gasteiger partial charge in [0, 0.05) is 6.42 Å². The Labute approximate surface area is 118 Å². The van der Waals surface area contributed by atoms with Crippen molar-refractivity contribution in [2.75, 3.05) is 11.9 Å². The van der Waals surface area contributed by atoms with Gasteiger partial charge in [-0.1, -0.05) is 11.6 Å². The van der Waals surface area contributed by atoms with Crippen LogP contribution in [0.2, 0.25) is 0 Å². The second-order valence-electron chi connectivity index (χ2n) is 4.69. The summed E-state index contributed by atoms with van der Waals surface area (Å²) in [6.07, 6.45) is -0.391. The molecule has 0 saturated carbocycles. The standard InChI is InChI=1S/C10H14ClN5O4/c11-10(19)6-7(14-9(12)15-10)16(3-13-6)8-5(18)1-4(2-17)20-8/h3-5,8,17-19H,1-2H2,(H3,12,14,15)/t4-,5+,8+,10?/m0/s1. The third-order valence-corrected chi connectivity index (χ3v) is 3.52. The lowest BCUT2D eigenvalue weighted by molar-refractivity contribution is -0.0496. The van der Waals surface area contributed by atoms with E-state index in [0.29, 0.717) is 6.42 Å². The highest BCUT2D eigenvalue weighted by molar-refractivity contribution is 6.24. The fraction of sp³-hybridized carbons (Fsp3) is 0.600.